The molecule has 0 saturated heterocycles. The van der Waals surface area contributed by atoms with Crippen molar-refractivity contribution < 1.29 is 10.2 Å². The van der Waals surface area contributed by atoms with E-state index in [9.17, 15) is 10.2 Å². The largest absolute Gasteiger partial charge is 0.508 e. The first-order chi connectivity index (χ1) is 6.77. The number of aromatic hydroxyl groups is 2. The van der Waals surface area contributed by atoms with E-state index >= 15 is 0 Å². The maximum Gasteiger partial charge on any atom is 0.119 e. The molecule has 0 spiro atoms. The molecule has 2 N–H and O–H groups in total. The second kappa shape index (κ2) is 2.41. The predicted molar refractivity (Wildman–Crippen MR) is 54.7 cm³/mol. The first-order valence-electron chi connectivity index (χ1n) is 4.73. The molecule has 0 radical (unpaired) electrons. The average molecular weight is 186 g/mol. The summed E-state index contributed by atoms with van der Waals surface area (Å²) in [5.74, 6) is 0.698. The highest BCUT2D eigenvalue weighted by molar-refractivity contribution is 5.94. The molecule has 2 aromatic carbocycles. The Bertz CT molecular complexity index is 485. The monoisotopic (exact) mass is 186 g/mol. The molecule has 0 atom stereocenters. The van der Waals surface area contributed by atoms with E-state index in [-0.39, 0.29) is 0 Å². The number of benzene rings is 2. The molecule has 0 amide bonds. The maximum absolute atomic E-state index is 9.65. The Morgan fingerprint density at radius 1 is 0.786 bits per heavy atom. The highest BCUT2D eigenvalue weighted by Gasteiger charge is 2.19. The van der Waals surface area contributed by atoms with Gasteiger partial charge in [0.25, 0.3) is 0 Å². The summed E-state index contributed by atoms with van der Waals surface area (Å²) in [5.41, 5.74) is 1.96. The van der Waals surface area contributed by atoms with Gasteiger partial charge in [0.15, 0.2) is 0 Å². The molecule has 0 aromatic heterocycles. The Labute approximate surface area is 81.4 Å². The van der Waals surface area contributed by atoms with Crippen molar-refractivity contribution in [1.29, 1.82) is 0 Å². The van der Waals surface area contributed by atoms with Crippen LogP contribution in [0.1, 0.15) is 11.1 Å². The van der Waals surface area contributed by atoms with Gasteiger partial charge in [0.05, 0.1) is 0 Å². The van der Waals surface area contributed by atoms with E-state index in [1.54, 1.807) is 12.1 Å². The number of rotatable bonds is 0. The Morgan fingerprint density at radius 3 is 1.79 bits per heavy atom. The van der Waals surface area contributed by atoms with Crippen LogP contribution in [0, 0.1) is 0 Å². The molecule has 3 rings (SSSR count). The van der Waals surface area contributed by atoms with Gasteiger partial charge in [0, 0.05) is 11.1 Å². The fourth-order valence-electron chi connectivity index (χ4n) is 2.30. The van der Waals surface area contributed by atoms with E-state index in [0.29, 0.717) is 11.5 Å². The summed E-state index contributed by atoms with van der Waals surface area (Å²) in [6.45, 7) is 0. The Kier molecular flexibility index (Phi) is 1.32. The van der Waals surface area contributed by atoms with Crippen LogP contribution in [0.25, 0.3) is 10.8 Å². The van der Waals surface area contributed by atoms with Crippen LogP contribution in [0.5, 0.6) is 11.5 Å². The molecule has 2 aromatic rings. The zero-order chi connectivity index (χ0) is 9.71. The Morgan fingerprint density at radius 2 is 1.29 bits per heavy atom. The number of hydrogen-bond acceptors (Lipinski definition) is 2. The van der Waals surface area contributed by atoms with Gasteiger partial charge in [0.1, 0.15) is 11.5 Å². The van der Waals surface area contributed by atoms with Gasteiger partial charge >= 0.3 is 0 Å². The molecule has 1 aliphatic rings. The van der Waals surface area contributed by atoms with Crippen molar-refractivity contribution >= 4 is 10.8 Å². The first-order valence-corrected chi connectivity index (χ1v) is 4.73. The van der Waals surface area contributed by atoms with Gasteiger partial charge in [-0.25, -0.2) is 0 Å². The second-order valence-electron chi connectivity index (χ2n) is 3.72. The molecule has 0 bridgehead atoms. The van der Waals surface area contributed by atoms with Gasteiger partial charge < -0.3 is 10.2 Å². The zero-order valence-corrected chi connectivity index (χ0v) is 7.62. The van der Waals surface area contributed by atoms with Gasteiger partial charge in [-0.05, 0) is 35.7 Å². The van der Waals surface area contributed by atoms with Crippen LogP contribution in [0.2, 0.25) is 0 Å². The van der Waals surface area contributed by atoms with Crippen molar-refractivity contribution in [3.8, 4) is 11.5 Å². The molecule has 14 heavy (non-hydrogen) atoms. The maximum atomic E-state index is 9.65. The van der Waals surface area contributed by atoms with E-state index in [2.05, 4.69) is 0 Å². The van der Waals surface area contributed by atoms with Crippen LogP contribution in [0.3, 0.4) is 0 Å². The third-order valence-corrected chi connectivity index (χ3v) is 2.98. The van der Waals surface area contributed by atoms with E-state index in [0.717, 1.165) is 34.7 Å². The van der Waals surface area contributed by atoms with Crippen molar-refractivity contribution in [1.82, 2.24) is 0 Å². The van der Waals surface area contributed by atoms with E-state index in [1.165, 1.54) is 0 Å². The summed E-state index contributed by atoms with van der Waals surface area (Å²) in [5, 5.41) is 21.4. The van der Waals surface area contributed by atoms with Crippen molar-refractivity contribution in [2.45, 2.75) is 12.8 Å². The van der Waals surface area contributed by atoms with Crippen molar-refractivity contribution in [3.05, 3.63) is 35.4 Å². The first kappa shape index (κ1) is 7.68. The van der Waals surface area contributed by atoms with Gasteiger partial charge in [0.2, 0.25) is 0 Å². The average Bonchev–Trinajstić information content (AvgIpc) is 2.62. The SMILES string of the molecule is Oc1ccc2ccc(O)c3c2c1CC3. The molecular formula is C12H10O2. The van der Waals surface area contributed by atoms with Crippen LogP contribution in [-0.2, 0) is 12.8 Å². The van der Waals surface area contributed by atoms with Gasteiger partial charge in [-0.2, -0.15) is 0 Å². The molecule has 0 fully saturated rings. The number of aryl methyl sites for hydroxylation is 2. The van der Waals surface area contributed by atoms with E-state index in [4.69, 9.17) is 0 Å². The topological polar surface area (TPSA) is 40.5 Å². The smallest absolute Gasteiger partial charge is 0.119 e. The standard InChI is InChI=1S/C12H10O2/c13-10-5-1-7-2-6-11(14)9-4-3-8(10)12(7)9/h1-2,5-6,13-14H,3-4H2. The molecule has 0 heterocycles. The van der Waals surface area contributed by atoms with Crippen LogP contribution in [0.15, 0.2) is 24.3 Å². The fourth-order valence-corrected chi connectivity index (χ4v) is 2.30. The fraction of sp³-hybridized carbons (Fsp3) is 0.167. The minimum Gasteiger partial charge on any atom is -0.508 e. The number of hydrogen-bond donors (Lipinski definition) is 2. The molecule has 0 aliphatic heterocycles. The second-order valence-corrected chi connectivity index (χ2v) is 3.72. The van der Waals surface area contributed by atoms with Crippen LogP contribution < -0.4 is 0 Å². The lowest BCUT2D eigenvalue weighted by molar-refractivity contribution is 0.468. The van der Waals surface area contributed by atoms with Crippen molar-refractivity contribution in [2.24, 2.45) is 0 Å². The summed E-state index contributed by atoms with van der Waals surface area (Å²) in [6, 6.07) is 7.23. The number of phenols is 2. The number of phenolic OH excluding ortho intramolecular Hbond substituents is 2. The zero-order valence-electron chi connectivity index (χ0n) is 7.62. The lowest BCUT2D eigenvalue weighted by Crippen LogP contribution is -1.80. The van der Waals surface area contributed by atoms with E-state index in [1.807, 2.05) is 12.1 Å². The third kappa shape index (κ3) is 0.803. The Hall–Kier alpha value is -1.70. The molecule has 0 saturated carbocycles. The molecule has 1 aliphatic carbocycles. The molecule has 0 unspecified atom stereocenters. The van der Waals surface area contributed by atoms with Crippen LogP contribution in [-0.4, -0.2) is 10.2 Å². The molecular weight excluding hydrogens is 176 g/mol. The summed E-state index contributed by atoms with van der Waals surface area (Å²) in [4.78, 5) is 0. The van der Waals surface area contributed by atoms with Crippen molar-refractivity contribution in [3.63, 3.8) is 0 Å². The highest BCUT2D eigenvalue weighted by Crippen LogP contribution is 2.39. The predicted octanol–water partition coefficient (Wildman–Crippen LogP) is 2.35. The third-order valence-electron chi connectivity index (χ3n) is 2.98. The molecule has 2 heteroatoms. The lowest BCUT2D eigenvalue weighted by atomic mass is 10.0. The van der Waals surface area contributed by atoms with E-state index < -0.39 is 0 Å². The van der Waals surface area contributed by atoms with Crippen LogP contribution >= 0.6 is 0 Å². The lowest BCUT2D eigenvalue weighted by Gasteiger charge is -2.04. The summed E-state index contributed by atoms with van der Waals surface area (Å²) < 4.78 is 0. The Balaban J connectivity index is 2.55. The van der Waals surface area contributed by atoms with Gasteiger partial charge in [-0.15, -0.1) is 0 Å². The van der Waals surface area contributed by atoms with Crippen LogP contribution in [0.4, 0.5) is 0 Å². The quantitative estimate of drug-likeness (QED) is 0.663. The summed E-state index contributed by atoms with van der Waals surface area (Å²) >= 11 is 0. The normalized spacial score (nSPS) is 13.7. The molecule has 70 valence electrons. The minimum atomic E-state index is 0.349. The minimum absolute atomic E-state index is 0.349. The highest BCUT2D eigenvalue weighted by atomic mass is 16.3. The van der Waals surface area contributed by atoms with Gasteiger partial charge in [-0.3, -0.25) is 0 Å². The molecule has 2 nitrogen and oxygen atoms in total. The van der Waals surface area contributed by atoms with Crippen molar-refractivity contribution in [2.75, 3.05) is 0 Å². The van der Waals surface area contributed by atoms with Gasteiger partial charge in [-0.1, -0.05) is 12.1 Å². The summed E-state index contributed by atoms with van der Waals surface area (Å²) in [7, 11) is 0. The summed E-state index contributed by atoms with van der Waals surface area (Å²) in [6.07, 6.45) is 1.66.